The Morgan fingerprint density at radius 1 is 1.00 bits per heavy atom. The van der Waals surface area contributed by atoms with Crippen LogP contribution in [0.25, 0.3) is 0 Å². The monoisotopic (exact) mass is 365 g/mol. The van der Waals surface area contributed by atoms with Gasteiger partial charge in [0.15, 0.2) is 5.96 Å². The topological polar surface area (TPSA) is 45.7 Å². The number of halogens is 3. The molecule has 0 heterocycles. The van der Waals surface area contributed by atoms with Gasteiger partial charge in [0.05, 0.1) is 13.2 Å². The Kier molecular flexibility index (Phi) is 7.47. The number of guanidine groups is 1. The van der Waals surface area contributed by atoms with E-state index in [1.807, 2.05) is 6.92 Å². The summed E-state index contributed by atoms with van der Waals surface area (Å²) >= 11 is 0. The predicted molar refractivity (Wildman–Crippen MR) is 95.1 cm³/mol. The average Bonchev–Trinajstić information content (AvgIpc) is 2.62. The van der Waals surface area contributed by atoms with Crippen LogP contribution >= 0.6 is 0 Å². The fourth-order valence-corrected chi connectivity index (χ4v) is 2.36. The van der Waals surface area contributed by atoms with E-state index in [9.17, 15) is 13.2 Å². The van der Waals surface area contributed by atoms with Crippen LogP contribution in [0.1, 0.15) is 23.6 Å². The van der Waals surface area contributed by atoms with Crippen molar-refractivity contribution in [2.45, 2.75) is 26.6 Å². The van der Waals surface area contributed by atoms with Crippen LogP contribution in [-0.4, -0.2) is 19.6 Å². The highest BCUT2D eigenvalue weighted by atomic mass is 19.1. The Balaban J connectivity index is 2.06. The molecule has 7 heteroatoms. The van der Waals surface area contributed by atoms with Gasteiger partial charge in [-0.05, 0) is 42.8 Å². The van der Waals surface area contributed by atoms with Crippen LogP contribution in [-0.2, 0) is 24.4 Å². The number of nitrogens with zero attached hydrogens (tertiary/aromatic N) is 1. The molecule has 140 valence electrons. The molecule has 0 bridgehead atoms. The molecule has 0 fully saturated rings. The smallest absolute Gasteiger partial charge is 0.191 e. The molecule has 0 aliphatic rings. The van der Waals surface area contributed by atoms with Gasteiger partial charge < -0.3 is 15.4 Å². The van der Waals surface area contributed by atoms with Gasteiger partial charge >= 0.3 is 0 Å². The van der Waals surface area contributed by atoms with E-state index in [0.29, 0.717) is 24.6 Å². The van der Waals surface area contributed by atoms with Gasteiger partial charge in [-0.2, -0.15) is 0 Å². The van der Waals surface area contributed by atoms with E-state index in [2.05, 4.69) is 15.6 Å². The van der Waals surface area contributed by atoms with E-state index in [0.717, 1.165) is 23.8 Å². The largest absolute Gasteiger partial charge is 0.380 e. The van der Waals surface area contributed by atoms with E-state index in [1.165, 1.54) is 13.2 Å². The van der Waals surface area contributed by atoms with Gasteiger partial charge in [-0.3, -0.25) is 0 Å². The molecule has 0 saturated carbocycles. The molecule has 26 heavy (non-hydrogen) atoms. The van der Waals surface area contributed by atoms with Gasteiger partial charge in [-0.15, -0.1) is 0 Å². The van der Waals surface area contributed by atoms with Gasteiger partial charge in [0.25, 0.3) is 0 Å². The van der Waals surface area contributed by atoms with Crippen LogP contribution in [0.2, 0.25) is 0 Å². The Bertz CT molecular complexity index is 766. The second kappa shape index (κ2) is 9.82. The fourth-order valence-electron chi connectivity index (χ4n) is 2.36. The van der Waals surface area contributed by atoms with Crippen LogP contribution in [0.4, 0.5) is 13.2 Å². The van der Waals surface area contributed by atoms with E-state index in [-0.39, 0.29) is 24.5 Å². The fraction of sp³-hybridized carbons (Fsp3) is 0.316. The first kappa shape index (κ1) is 19.8. The molecule has 0 radical (unpaired) electrons. The Labute approximate surface area is 151 Å². The second-order valence-electron chi connectivity index (χ2n) is 5.64. The minimum atomic E-state index is -0.498. The average molecular weight is 365 g/mol. The zero-order valence-corrected chi connectivity index (χ0v) is 14.8. The first-order chi connectivity index (χ1) is 12.5. The number of methoxy groups -OCH3 is 1. The maximum atomic E-state index is 13.7. The highest BCUT2D eigenvalue weighted by Gasteiger charge is 2.06. The molecule has 0 atom stereocenters. The molecule has 4 nitrogen and oxygen atoms in total. The first-order valence-electron chi connectivity index (χ1n) is 8.25. The normalized spacial score (nSPS) is 11.5. The number of hydrogen-bond acceptors (Lipinski definition) is 2. The summed E-state index contributed by atoms with van der Waals surface area (Å²) in [6, 6.07) is 8.02. The van der Waals surface area contributed by atoms with Crippen molar-refractivity contribution in [3.05, 3.63) is 70.5 Å². The highest BCUT2D eigenvalue weighted by molar-refractivity contribution is 5.79. The van der Waals surface area contributed by atoms with E-state index >= 15 is 0 Å². The predicted octanol–water partition coefficient (Wildman–Crippen LogP) is 3.51. The lowest BCUT2D eigenvalue weighted by molar-refractivity contribution is 0.181. The molecule has 0 amide bonds. The lowest BCUT2D eigenvalue weighted by Crippen LogP contribution is -2.37. The van der Waals surface area contributed by atoms with Crippen LogP contribution in [0.3, 0.4) is 0 Å². The maximum absolute atomic E-state index is 13.7. The van der Waals surface area contributed by atoms with Gasteiger partial charge in [0.1, 0.15) is 17.5 Å². The third kappa shape index (κ3) is 5.77. The lowest BCUT2D eigenvalue weighted by atomic mass is 10.1. The Morgan fingerprint density at radius 2 is 1.73 bits per heavy atom. The molecule has 0 saturated heterocycles. The summed E-state index contributed by atoms with van der Waals surface area (Å²) in [5, 5.41) is 5.99. The van der Waals surface area contributed by atoms with Gasteiger partial charge in [0, 0.05) is 31.3 Å². The van der Waals surface area contributed by atoms with Gasteiger partial charge in [-0.1, -0.05) is 6.07 Å². The van der Waals surface area contributed by atoms with Crippen LogP contribution in [0.5, 0.6) is 0 Å². The molecule has 2 N–H and O–H groups in total. The summed E-state index contributed by atoms with van der Waals surface area (Å²) in [6.45, 7) is 3.08. The molecule has 2 aromatic carbocycles. The highest BCUT2D eigenvalue weighted by Crippen LogP contribution is 2.13. The molecule has 0 aromatic heterocycles. The van der Waals surface area contributed by atoms with E-state index in [1.54, 1.807) is 12.1 Å². The zero-order valence-electron chi connectivity index (χ0n) is 14.8. The minimum Gasteiger partial charge on any atom is -0.380 e. The summed E-state index contributed by atoms with van der Waals surface area (Å²) in [5.41, 5.74) is 1.48. The SMILES string of the molecule is CCNC(=NCc1ccc(F)c(COC)c1)NCc1cc(F)ccc1F. The zero-order chi connectivity index (χ0) is 18.9. The van der Waals surface area contributed by atoms with Crippen molar-refractivity contribution >= 4 is 5.96 Å². The van der Waals surface area contributed by atoms with Crippen molar-refractivity contribution in [3.63, 3.8) is 0 Å². The van der Waals surface area contributed by atoms with Crippen LogP contribution in [0, 0.1) is 17.5 Å². The Morgan fingerprint density at radius 3 is 2.46 bits per heavy atom. The summed E-state index contributed by atoms with van der Waals surface area (Å²) in [6.07, 6.45) is 0. The Hall–Kier alpha value is -2.54. The van der Waals surface area contributed by atoms with Gasteiger partial charge in [-0.25, -0.2) is 18.2 Å². The third-order valence-corrected chi connectivity index (χ3v) is 3.63. The van der Waals surface area contributed by atoms with Crippen LogP contribution < -0.4 is 10.6 Å². The van der Waals surface area contributed by atoms with Crippen molar-refractivity contribution in [1.82, 2.24) is 10.6 Å². The molecule has 2 rings (SSSR count). The van der Waals surface area contributed by atoms with Crippen molar-refractivity contribution in [2.24, 2.45) is 4.99 Å². The van der Waals surface area contributed by atoms with E-state index in [4.69, 9.17) is 4.74 Å². The maximum Gasteiger partial charge on any atom is 0.191 e. The molecule has 0 aliphatic carbocycles. The van der Waals surface area contributed by atoms with Crippen LogP contribution in [0.15, 0.2) is 41.4 Å². The van der Waals surface area contributed by atoms with Gasteiger partial charge in [0.2, 0.25) is 0 Å². The molecule has 0 aliphatic heterocycles. The third-order valence-electron chi connectivity index (χ3n) is 3.63. The lowest BCUT2D eigenvalue weighted by Gasteiger charge is -2.12. The molecule has 0 unspecified atom stereocenters. The molecule has 2 aromatic rings. The molecular formula is C19H22F3N3O. The number of nitrogens with one attached hydrogen (secondary N) is 2. The minimum absolute atomic E-state index is 0.0910. The van der Waals surface area contributed by atoms with E-state index < -0.39 is 11.6 Å². The first-order valence-corrected chi connectivity index (χ1v) is 8.25. The second-order valence-corrected chi connectivity index (χ2v) is 5.64. The number of rotatable bonds is 7. The summed E-state index contributed by atoms with van der Waals surface area (Å²) in [5.74, 6) is -0.861. The molecular weight excluding hydrogens is 343 g/mol. The quantitative estimate of drug-likeness (QED) is 0.583. The number of hydrogen-bond donors (Lipinski definition) is 2. The van der Waals surface area contributed by atoms with Crippen molar-refractivity contribution < 1.29 is 17.9 Å². The van der Waals surface area contributed by atoms with Crippen molar-refractivity contribution in [2.75, 3.05) is 13.7 Å². The summed E-state index contributed by atoms with van der Waals surface area (Å²) in [7, 11) is 1.50. The number of ether oxygens (including phenoxy) is 1. The number of benzene rings is 2. The van der Waals surface area contributed by atoms with Crippen molar-refractivity contribution in [1.29, 1.82) is 0 Å². The van der Waals surface area contributed by atoms with Crippen molar-refractivity contribution in [3.8, 4) is 0 Å². The summed E-state index contributed by atoms with van der Waals surface area (Å²) in [4.78, 5) is 4.40. The number of aliphatic imine (C=N–C) groups is 1. The standard InChI is InChI=1S/C19H22F3N3O/c1-3-23-19(25-11-14-9-16(20)5-7-17(14)21)24-10-13-4-6-18(22)15(8-13)12-26-2/h4-9H,3,10-12H2,1-2H3,(H2,23,24,25). The molecule has 0 spiro atoms. The summed E-state index contributed by atoms with van der Waals surface area (Å²) < 4.78 is 45.6.